The third-order valence-corrected chi connectivity index (χ3v) is 7.02. The van der Waals surface area contributed by atoms with Crippen LogP contribution in [-0.4, -0.2) is 50.9 Å². The van der Waals surface area contributed by atoms with E-state index in [1.165, 1.54) is 12.3 Å². The van der Waals surface area contributed by atoms with Gasteiger partial charge in [-0.05, 0) is 55.7 Å². The fourth-order valence-electron chi connectivity index (χ4n) is 3.69. The van der Waals surface area contributed by atoms with Gasteiger partial charge in [0.1, 0.15) is 11.7 Å². The molecular weight excluding hydrogens is 443 g/mol. The predicted octanol–water partition coefficient (Wildman–Crippen LogP) is 2.62. The highest BCUT2D eigenvalue weighted by Crippen LogP contribution is 2.33. The van der Waals surface area contributed by atoms with Crippen molar-refractivity contribution in [1.82, 2.24) is 20.6 Å². The maximum absolute atomic E-state index is 13.8. The van der Waals surface area contributed by atoms with Crippen LogP contribution in [0.2, 0.25) is 0 Å². The topological polar surface area (TPSA) is 124 Å². The van der Waals surface area contributed by atoms with Crippen LogP contribution in [0.5, 0.6) is 0 Å². The molecule has 0 spiro atoms. The zero-order valence-electron chi connectivity index (χ0n) is 24.9. The molecule has 2 rings (SSSR count). The van der Waals surface area contributed by atoms with Gasteiger partial charge in [-0.3, -0.25) is 14.6 Å². The van der Waals surface area contributed by atoms with Gasteiger partial charge in [0.15, 0.2) is 0 Å². The fraction of sp³-hybridized carbons (Fsp3) is 0.538. The summed E-state index contributed by atoms with van der Waals surface area (Å²) in [6, 6.07) is 1.91. The minimum absolute atomic E-state index is 0.0383. The number of carbonyl (C=O) groups is 2. The summed E-state index contributed by atoms with van der Waals surface area (Å²) in [6.07, 6.45) is -0.888. The van der Waals surface area contributed by atoms with Crippen LogP contribution in [0.1, 0.15) is 76.8 Å². The van der Waals surface area contributed by atoms with Gasteiger partial charge in [0.05, 0.1) is 24.9 Å². The molecule has 4 N–H and O–H groups in total. The van der Waals surface area contributed by atoms with Crippen LogP contribution in [0.15, 0.2) is 24.4 Å². The molecule has 0 fully saturated rings. The second-order valence-electron chi connectivity index (χ2n) is 9.62. The molecule has 8 nitrogen and oxygen atoms in total. The molecule has 0 radical (unpaired) electrons. The van der Waals surface area contributed by atoms with Gasteiger partial charge in [-0.15, -0.1) is 0 Å². The van der Waals surface area contributed by atoms with Crippen LogP contribution >= 0.6 is 0 Å². The molecule has 0 aliphatic heterocycles. The van der Waals surface area contributed by atoms with Crippen LogP contribution in [0.25, 0.3) is 0 Å². The van der Waals surface area contributed by atoms with Gasteiger partial charge < -0.3 is 20.7 Å². The number of hydrogen-bond acceptors (Lipinski definition) is 6. The maximum Gasteiger partial charge on any atom is 0.476 e. The first-order valence-corrected chi connectivity index (χ1v) is 11.8. The lowest BCUT2D eigenvalue weighted by atomic mass is 9.59. The summed E-state index contributed by atoms with van der Waals surface area (Å²) >= 11 is 0. The molecule has 1 heterocycles. The number of hydrogen-bond donors (Lipinski definition) is 4. The van der Waals surface area contributed by atoms with Crippen molar-refractivity contribution in [3.8, 4) is 0 Å². The largest absolute Gasteiger partial charge is 0.476 e. The van der Waals surface area contributed by atoms with Crippen LogP contribution < -0.4 is 10.6 Å². The number of benzene rings is 1. The van der Waals surface area contributed by atoms with Crippen molar-refractivity contribution >= 4 is 18.9 Å². The molecule has 2 amide bonds. The van der Waals surface area contributed by atoms with Crippen molar-refractivity contribution < 1.29 is 23.7 Å². The van der Waals surface area contributed by atoms with Crippen molar-refractivity contribution in [3.05, 3.63) is 58.2 Å². The minimum Gasteiger partial charge on any atom is -0.426 e. The van der Waals surface area contributed by atoms with Gasteiger partial charge in [-0.25, -0.2) is 4.98 Å². The van der Waals surface area contributed by atoms with E-state index in [-0.39, 0.29) is 17.2 Å². The summed E-state index contributed by atoms with van der Waals surface area (Å²) in [4.78, 5) is 35.4. The van der Waals surface area contributed by atoms with Gasteiger partial charge in [0.25, 0.3) is 5.91 Å². The summed E-state index contributed by atoms with van der Waals surface area (Å²) < 4.78 is 27.2. The molecular formula is C26H39BN4O4. The SMILES string of the molecule is [2H]C([2H])(c1cccc(C)c1C)[C@]([2H])(NC(=O)c1cnc(C)c(C)n1)C(=O)N[C@H](B(O)O)C(C)(C)C(C)CC. The average Bonchev–Trinajstić information content (AvgIpc) is 2.84. The molecule has 0 aliphatic carbocycles. The van der Waals surface area contributed by atoms with Gasteiger partial charge in [0.2, 0.25) is 5.91 Å². The Bertz CT molecular complexity index is 1200. The van der Waals surface area contributed by atoms with Crippen LogP contribution in [0, 0.1) is 39.0 Å². The van der Waals surface area contributed by atoms with Crippen LogP contribution in [0.3, 0.4) is 0 Å². The smallest absolute Gasteiger partial charge is 0.426 e. The molecule has 0 bridgehead atoms. The second kappa shape index (κ2) is 11.8. The normalized spacial score (nSPS) is 16.7. The highest BCUT2D eigenvalue weighted by Gasteiger charge is 2.43. The first-order chi connectivity index (χ1) is 17.4. The molecule has 190 valence electrons. The van der Waals surface area contributed by atoms with Crippen LogP contribution in [-0.2, 0) is 11.2 Å². The number of carbonyl (C=O) groups excluding carboxylic acids is 2. The van der Waals surface area contributed by atoms with Crippen molar-refractivity contribution in [1.29, 1.82) is 0 Å². The first-order valence-electron chi connectivity index (χ1n) is 13.3. The molecule has 3 atom stereocenters. The van der Waals surface area contributed by atoms with E-state index in [0.29, 0.717) is 23.4 Å². The number of nitrogens with zero attached hydrogens (tertiary/aromatic N) is 2. The summed E-state index contributed by atoms with van der Waals surface area (Å²) in [5.74, 6) is -3.54. The van der Waals surface area contributed by atoms with Crippen molar-refractivity contribution in [2.24, 2.45) is 11.3 Å². The van der Waals surface area contributed by atoms with E-state index in [9.17, 15) is 21.0 Å². The molecule has 2 aromatic rings. The van der Waals surface area contributed by atoms with Gasteiger partial charge >= 0.3 is 7.12 Å². The van der Waals surface area contributed by atoms with E-state index in [2.05, 4.69) is 20.6 Å². The van der Waals surface area contributed by atoms with E-state index in [0.717, 1.165) is 5.56 Å². The Kier molecular flexibility index (Phi) is 8.05. The molecule has 0 saturated heterocycles. The van der Waals surface area contributed by atoms with Crippen molar-refractivity contribution in [3.63, 3.8) is 0 Å². The molecule has 1 aromatic carbocycles. The Labute approximate surface area is 213 Å². The molecule has 0 saturated carbocycles. The number of nitrogens with one attached hydrogen (secondary N) is 2. The van der Waals surface area contributed by atoms with Crippen molar-refractivity contribution in [2.45, 2.75) is 80.1 Å². The predicted molar refractivity (Wildman–Crippen MR) is 138 cm³/mol. The lowest BCUT2D eigenvalue weighted by molar-refractivity contribution is -0.124. The van der Waals surface area contributed by atoms with Gasteiger partial charge in [-0.1, -0.05) is 52.3 Å². The van der Waals surface area contributed by atoms with E-state index in [1.807, 2.05) is 13.8 Å². The van der Waals surface area contributed by atoms with E-state index in [1.54, 1.807) is 53.7 Å². The maximum atomic E-state index is 13.8. The molecule has 9 heteroatoms. The summed E-state index contributed by atoms with van der Waals surface area (Å²) in [7, 11) is -2.00. The average molecular weight is 485 g/mol. The summed E-state index contributed by atoms with van der Waals surface area (Å²) in [5, 5.41) is 25.1. The monoisotopic (exact) mass is 485 g/mol. The Morgan fingerprint density at radius 2 is 1.83 bits per heavy atom. The third-order valence-electron chi connectivity index (χ3n) is 7.02. The number of aromatic nitrogens is 2. The lowest BCUT2D eigenvalue weighted by Gasteiger charge is -2.39. The molecule has 1 aromatic heterocycles. The third kappa shape index (κ3) is 6.89. The molecule has 1 unspecified atom stereocenters. The minimum atomic E-state index is -2.93. The standard InChI is InChI=1S/C26H39BN4O4/c1-9-16(3)26(7,8)25(27(34)35)31-23(32)21(13-20-12-10-11-15(2)17(20)4)30-24(33)22-14-28-18(5)19(6)29-22/h10-12,14,16,21,25,34-35H,9,13H2,1-8H3,(H,30,33)(H,31,32)/t16?,21-,25-/m0/s1/i13D2,21D. The molecule has 0 aliphatic rings. The zero-order chi connectivity index (χ0) is 29.2. The van der Waals surface area contributed by atoms with Crippen LogP contribution in [0.4, 0.5) is 0 Å². The fourth-order valence-corrected chi connectivity index (χ4v) is 3.69. The Hall–Kier alpha value is -2.78. The van der Waals surface area contributed by atoms with Gasteiger partial charge in [0, 0.05) is 9.11 Å². The zero-order valence-corrected chi connectivity index (χ0v) is 21.9. The number of amides is 2. The van der Waals surface area contributed by atoms with E-state index < -0.39 is 42.7 Å². The quantitative estimate of drug-likeness (QED) is 0.384. The van der Waals surface area contributed by atoms with Crippen molar-refractivity contribution in [2.75, 3.05) is 0 Å². The summed E-state index contributed by atoms with van der Waals surface area (Å²) in [5.41, 5.74) is 1.31. The first kappa shape index (κ1) is 23.9. The number of aryl methyl sites for hydroxylation is 3. The second-order valence-corrected chi connectivity index (χ2v) is 9.62. The Balaban J connectivity index is 2.66. The lowest BCUT2D eigenvalue weighted by Crippen LogP contribution is -2.60. The highest BCUT2D eigenvalue weighted by molar-refractivity contribution is 6.44. The Morgan fingerprint density at radius 1 is 1.17 bits per heavy atom. The number of rotatable bonds is 10. The van der Waals surface area contributed by atoms with E-state index >= 15 is 0 Å². The molecule has 35 heavy (non-hydrogen) atoms. The van der Waals surface area contributed by atoms with E-state index in [4.69, 9.17) is 2.74 Å². The Morgan fingerprint density at radius 3 is 2.40 bits per heavy atom. The summed E-state index contributed by atoms with van der Waals surface area (Å²) in [6.45, 7) is 14.1. The highest BCUT2D eigenvalue weighted by atomic mass is 16.4. The van der Waals surface area contributed by atoms with Gasteiger partial charge in [-0.2, -0.15) is 0 Å².